The van der Waals surface area contributed by atoms with Gasteiger partial charge in [0.25, 0.3) is 0 Å². The summed E-state index contributed by atoms with van der Waals surface area (Å²) in [7, 11) is 3.52. The van der Waals surface area contributed by atoms with Crippen LogP contribution in [0.3, 0.4) is 0 Å². The standard InChI is InChI=1S/C25H29NO10/c1-12(22(29)30)34-23(31)14(27)11-18(28)35-16-6-7-25(32)17-10-13-4-5-15(33-3)20-19(13)24(25,21(16)36-20)8-9-26(17)2/h4-6,12,14,17,21,27,32H,7-11H2,1-3H3,(H,29,30)/t12-,14-,17-,21+,24+,25-/m0/s1. The predicted molar refractivity (Wildman–Crippen MR) is 121 cm³/mol. The van der Waals surface area contributed by atoms with Gasteiger partial charge in [0.2, 0.25) is 0 Å². The maximum Gasteiger partial charge on any atom is 0.344 e. The van der Waals surface area contributed by atoms with Crippen molar-refractivity contribution in [2.45, 2.75) is 68.0 Å². The highest BCUT2D eigenvalue weighted by molar-refractivity contribution is 5.84. The zero-order valence-electron chi connectivity index (χ0n) is 20.2. The molecule has 2 bridgehead atoms. The lowest BCUT2D eigenvalue weighted by molar-refractivity contribution is -0.173. The van der Waals surface area contributed by atoms with Crippen molar-refractivity contribution in [3.05, 3.63) is 35.1 Å². The van der Waals surface area contributed by atoms with Crippen LogP contribution < -0.4 is 9.47 Å². The molecular weight excluding hydrogens is 474 g/mol. The molecular formula is C25H29NO10. The Morgan fingerprint density at radius 3 is 2.75 bits per heavy atom. The Morgan fingerprint density at radius 2 is 2.06 bits per heavy atom. The van der Waals surface area contributed by atoms with Crippen LogP contribution in [0, 0.1) is 0 Å². The smallest absolute Gasteiger partial charge is 0.344 e. The van der Waals surface area contributed by atoms with Crippen molar-refractivity contribution >= 4 is 17.9 Å². The van der Waals surface area contributed by atoms with Crippen molar-refractivity contribution in [1.82, 2.24) is 4.90 Å². The number of nitrogens with zero attached hydrogens (tertiary/aromatic N) is 1. The summed E-state index contributed by atoms with van der Waals surface area (Å²) in [6, 6.07) is 3.66. The van der Waals surface area contributed by atoms with Crippen molar-refractivity contribution in [2.24, 2.45) is 0 Å². The van der Waals surface area contributed by atoms with E-state index in [2.05, 4.69) is 9.64 Å². The molecule has 1 aromatic carbocycles. The molecule has 0 unspecified atom stereocenters. The summed E-state index contributed by atoms with van der Waals surface area (Å²) in [6.45, 7) is 1.84. The van der Waals surface area contributed by atoms with Gasteiger partial charge in [-0.2, -0.15) is 0 Å². The van der Waals surface area contributed by atoms with Crippen molar-refractivity contribution in [1.29, 1.82) is 0 Å². The number of carbonyl (C=O) groups excluding carboxylic acids is 2. The average Bonchev–Trinajstić information content (AvgIpc) is 3.18. The van der Waals surface area contributed by atoms with Crippen LogP contribution in [0.4, 0.5) is 0 Å². The number of methoxy groups -OCH3 is 1. The number of benzene rings is 1. The topological polar surface area (TPSA) is 152 Å². The molecule has 11 nitrogen and oxygen atoms in total. The molecule has 2 heterocycles. The van der Waals surface area contributed by atoms with Gasteiger partial charge in [-0.3, -0.25) is 4.79 Å². The van der Waals surface area contributed by atoms with Crippen LogP contribution >= 0.6 is 0 Å². The number of aliphatic hydroxyl groups excluding tert-OH is 1. The highest BCUT2D eigenvalue weighted by Gasteiger charge is 2.72. The zero-order chi connectivity index (χ0) is 26.0. The van der Waals surface area contributed by atoms with E-state index in [1.54, 1.807) is 6.08 Å². The molecule has 1 aromatic rings. The number of likely N-dealkylation sites (tertiary alicyclic amines) is 1. The number of aliphatic carboxylic acids is 1. The summed E-state index contributed by atoms with van der Waals surface area (Å²) >= 11 is 0. The molecule has 1 spiro atoms. The number of piperidine rings is 1. The number of esters is 2. The third-order valence-electron chi connectivity index (χ3n) is 8.06. The fraction of sp³-hybridized carbons (Fsp3) is 0.560. The van der Waals surface area contributed by atoms with Gasteiger partial charge >= 0.3 is 17.9 Å². The third kappa shape index (κ3) is 3.33. The fourth-order valence-electron chi connectivity index (χ4n) is 6.31. The van der Waals surface area contributed by atoms with Crippen molar-refractivity contribution in [2.75, 3.05) is 20.7 Å². The number of carbonyl (C=O) groups is 3. The molecule has 1 fully saturated rings. The van der Waals surface area contributed by atoms with Crippen LogP contribution in [0.2, 0.25) is 0 Å². The second-order valence-corrected chi connectivity index (χ2v) is 9.90. The number of carboxylic acid groups (broad SMARTS) is 1. The Labute approximate surface area is 207 Å². The molecule has 2 aliphatic carbocycles. The number of aliphatic hydroxyl groups is 2. The molecule has 194 valence electrons. The van der Waals surface area contributed by atoms with Gasteiger partial charge in [0.15, 0.2) is 29.8 Å². The van der Waals surface area contributed by atoms with E-state index in [1.807, 2.05) is 19.2 Å². The monoisotopic (exact) mass is 503 g/mol. The summed E-state index contributed by atoms with van der Waals surface area (Å²) in [5, 5.41) is 31.1. The molecule has 4 aliphatic rings. The van der Waals surface area contributed by atoms with Crippen LogP contribution in [0.5, 0.6) is 11.5 Å². The Hall–Kier alpha value is -3.15. The lowest BCUT2D eigenvalue weighted by Gasteiger charge is -2.61. The molecule has 0 radical (unpaired) electrons. The van der Waals surface area contributed by atoms with E-state index in [0.29, 0.717) is 30.9 Å². The summed E-state index contributed by atoms with van der Waals surface area (Å²) in [5.74, 6) is -2.29. The molecule has 0 amide bonds. The molecule has 36 heavy (non-hydrogen) atoms. The maximum atomic E-state index is 12.7. The molecule has 5 rings (SSSR count). The van der Waals surface area contributed by atoms with Crippen LogP contribution in [-0.4, -0.2) is 88.8 Å². The number of hydrogen-bond donors (Lipinski definition) is 3. The van der Waals surface area contributed by atoms with Gasteiger partial charge in [0.05, 0.1) is 24.5 Å². The third-order valence-corrected chi connectivity index (χ3v) is 8.06. The molecule has 0 aromatic heterocycles. The Morgan fingerprint density at radius 1 is 1.31 bits per heavy atom. The van der Waals surface area contributed by atoms with E-state index in [9.17, 15) is 24.6 Å². The number of hydrogen-bond acceptors (Lipinski definition) is 10. The van der Waals surface area contributed by atoms with Gasteiger partial charge in [0, 0.05) is 18.0 Å². The van der Waals surface area contributed by atoms with Gasteiger partial charge in [0.1, 0.15) is 5.76 Å². The molecule has 11 heteroatoms. The summed E-state index contributed by atoms with van der Waals surface area (Å²) in [4.78, 5) is 37.7. The average molecular weight is 504 g/mol. The van der Waals surface area contributed by atoms with Gasteiger partial charge in [-0.1, -0.05) is 6.07 Å². The van der Waals surface area contributed by atoms with E-state index >= 15 is 0 Å². The van der Waals surface area contributed by atoms with Crippen molar-refractivity contribution in [3.8, 4) is 11.5 Å². The first kappa shape index (κ1) is 24.5. The van der Waals surface area contributed by atoms with Gasteiger partial charge in [-0.15, -0.1) is 0 Å². The fourth-order valence-corrected chi connectivity index (χ4v) is 6.31. The first-order valence-corrected chi connectivity index (χ1v) is 11.8. The minimum Gasteiger partial charge on any atom is -0.493 e. The minimum absolute atomic E-state index is 0.162. The first-order chi connectivity index (χ1) is 17.0. The second-order valence-electron chi connectivity index (χ2n) is 9.90. The molecule has 6 atom stereocenters. The van der Waals surface area contributed by atoms with Crippen LogP contribution in [-0.2, 0) is 35.7 Å². The van der Waals surface area contributed by atoms with Gasteiger partial charge < -0.3 is 39.2 Å². The largest absolute Gasteiger partial charge is 0.493 e. The molecule has 1 saturated heterocycles. The SMILES string of the molecule is COc1ccc2c3c1O[C@@H]1C(OC(=O)C[C@H](O)C(=O)O[C@@H](C)C(=O)O)=CC[C@]4(O)[C@H](C2)N(C)CC[C@@]314. The van der Waals surface area contributed by atoms with E-state index in [-0.39, 0.29) is 18.2 Å². The number of ether oxygens (including phenoxy) is 4. The van der Waals surface area contributed by atoms with E-state index in [0.717, 1.165) is 18.1 Å². The highest BCUT2D eigenvalue weighted by Crippen LogP contribution is 2.65. The highest BCUT2D eigenvalue weighted by atomic mass is 16.6. The van der Waals surface area contributed by atoms with Crippen LogP contribution in [0.1, 0.15) is 37.3 Å². The molecule has 3 N–H and O–H groups in total. The normalized spacial score (nSPS) is 31.3. The predicted octanol–water partition coefficient (Wildman–Crippen LogP) is 0.283. The Bertz CT molecular complexity index is 1160. The molecule has 0 saturated carbocycles. The second kappa shape index (κ2) is 8.46. The van der Waals surface area contributed by atoms with Gasteiger partial charge in [-0.25, -0.2) is 9.59 Å². The van der Waals surface area contributed by atoms with Gasteiger partial charge in [-0.05, 0) is 51.1 Å². The Balaban J connectivity index is 1.43. The lowest BCUT2D eigenvalue weighted by Crippen LogP contribution is -2.74. The summed E-state index contributed by atoms with van der Waals surface area (Å²) in [5.41, 5.74) is -0.0958. The zero-order valence-corrected chi connectivity index (χ0v) is 20.2. The van der Waals surface area contributed by atoms with Crippen LogP contribution in [0.25, 0.3) is 0 Å². The van der Waals surface area contributed by atoms with E-state index in [4.69, 9.17) is 19.3 Å². The summed E-state index contributed by atoms with van der Waals surface area (Å²) in [6.07, 6.45) is -1.85. The minimum atomic E-state index is -1.89. The quantitative estimate of drug-likeness (QED) is 0.440. The molecule has 2 aliphatic heterocycles. The first-order valence-electron chi connectivity index (χ1n) is 11.8. The maximum absolute atomic E-state index is 12.7. The van der Waals surface area contributed by atoms with Crippen LogP contribution in [0.15, 0.2) is 24.0 Å². The Kier molecular flexibility index (Phi) is 5.77. The lowest BCUT2D eigenvalue weighted by atomic mass is 9.50. The summed E-state index contributed by atoms with van der Waals surface area (Å²) < 4.78 is 22.1. The van der Waals surface area contributed by atoms with Crippen molar-refractivity contribution in [3.63, 3.8) is 0 Å². The number of likely N-dealkylation sites (N-methyl/N-ethyl adjacent to an activating group) is 1. The van der Waals surface area contributed by atoms with E-state index < -0.39 is 53.7 Å². The van der Waals surface area contributed by atoms with E-state index in [1.165, 1.54) is 7.11 Å². The number of carboxylic acids is 1. The number of rotatable bonds is 7. The van der Waals surface area contributed by atoms with Crippen molar-refractivity contribution < 1.29 is 48.7 Å².